The van der Waals surface area contributed by atoms with E-state index in [2.05, 4.69) is 12.3 Å². The summed E-state index contributed by atoms with van der Waals surface area (Å²) in [4.78, 5) is 0. The van der Waals surface area contributed by atoms with Crippen LogP contribution in [0.1, 0.15) is 0 Å². The molecule has 56 valence electrons. The minimum Gasteiger partial charge on any atom is -0.291 e. The van der Waals surface area contributed by atoms with Crippen LogP contribution >= 0.6 is 12.4 Å². The summed E-state index contributed by atoms with van der Waals surface area (Å²) in [5.41, 5.74) is 4.32. The third-order valence-electron chi connectivity index (χ3n) is 0.647. The second-order valence-electron chi connectivity index (χ2n) is 1.33. The lowest BCUT2D eigenvalue weighted by molar-refractivity contribution is 0.00276. The molecule has 0 rings (SSSR count). The standard InChI is InChI=1S/C4H6F3N.ClH/c1-2-4(7,8)3(5)6;/h2-3H,1,8H2;1H. The molecule has 1 unspecified atom stereocenters. The first-order chi connectivity index (χ1) is 3.50. The van der Waals surface area contributed by atoms with Crippen LogP contribution < -0.4 is 5.73 Å². The molecule has 0 radical (unpaired) electrons. The normalized spacial score (nSPS) is 16.1. The largest absolute Gasteiger partial charge is 0.291 e. The Morgan fingerprint density at radius 2 is 1.89 bits per heavy atom. The van der Waals surface area contributed by atoms with Crippen LogP contribution in [0.25, 0.3) is 0 Å². The van der Waals surface area contributed by atoms with Gasteiger partial charge in [-0.1, -0.05) is 6.58 Å². The SMILES string of the molecule is C=CC(N)(F)C(F)F.Cl. The maximum absolute atomic E-state index is 11.9. The zero-order valence-electron chi connectivity index (χ0n) is 4.48. The third kappa shape index (κ3) is 3.37. The van der Waals surface area contributed by atoms with Crippen molar-refractivity contribution in [1.29, 1.82) is 0 Å². The predicted octanol–water partition coefficient (Wildman–Crippen LogP) is 1.48. The monoisotopic (exact) mass is 161 g/mol. The molecule has 0 amide bonds. The van der Waals surface area contributed by atoms with E-state index in [4.69, 9.17) is 0 Å². The molecule has 0 spiro atoms. The van der Waals surface area contributed by atoms with Gasteiger partial charge >= 0.3 is 0 Å². The quantitative estimate of drug-likeness (QED) is 0.482. The van der Waals surface area contributed by atoms with E-state index >= 15 is 0 Å². The molecule has 0 saturated carbocycles. The molecule has 0 aliphatic carbocycles. The van der Waals surface area contributed by atoms with Crippen LogP contribution in [0.15, 0.2) is 12.7 Å². The Hall–Kier alpha value is -0.220. The minimum absolute atomic E-state index is 0. The molecule has 1 atom stereocenters. The number of hydrogen-bond donors (Lipinski definition) is 1. The lowest BCUT2D eigenvalue weighted by atomic mass is 10.3. The van der Waals surface area contributed by atoms with Gasteiger partial charge in [-0.2, -0.15) is 0 Å². The van der Waals surface area contributed by atoms with E-state index in [1.54, 1.807) is 0 Å². The highest BCUT2D eigenvalue weighted by Gasteiger charge is 2.31. The van der Waals surface area contributed by atoms with Crippen molar-refractivity contribution < 1.29 is 13.2 Å². The second kappa shape index (κ2) is 3.74. The van der Waals surface area contributed by atoms with Gasteiger partial charge in [-0.05, 0) is 6.08 Å². The molecule has 0 saturated heterocycles. The van der Waals surface area contributed by atoms with Gasteiger partial charge in [0.1, 0.15) is 0 Å². The number of rotatable bonds is 2. The van der Waals surface area contributed by atoms with Crippen molar-refractivity contribution in [1.82, 2.24) is 0 Å². The molecule has 5 heteroatoms. The maximum atomic E-state index is 11.9. The van der Waals surface area contributed by atoms with Crippen LogP contribution in [0.5, 0.6) is 0 Å². The van der Waals surface area contributed by atoms with Gasteiger partial charge in [0.2, 0.25) is 5.79 Å². The van der Waals surface area contributed by atoms with Crippen molar-refractivity contribution >= 4 is 12.4 Å². The molecule has 0 heterocycles. The summed E-state index contributed by atoms with van der Waals surface area (Å²) in [7, 11) is 0. The first-order valence-corrected chi connectivity index (χ1v) is 1.90. The van der Waals surface area contributed by atoms with E-state index < -0.39 is 12.2 Å². The smallest absolute Gasteiger partial charge is 0.288 e. The maximum Gasteiger partial charge on any atom is 0.288 e. The van der Waals surface area contributed by atoms with E-state index in [0.29, 0.717) is 6.08 Å². The Balaban J connectivity index is 0. The Morgan fingerprint density at radius 3 is 1.89 bits per heavy atom. The molecule has 0 fully saturated rings. The van der Waals surface area contributed by atoms with E-state index in [1.807, 2.05) is 0 Å². The average Bonchev–Trinajstić information content (AvgIpc) is 1.67. The van der Waals surface area contributed by atoms with Crippen LogP contribution in [-0.2, 0) is 0 Å². The number of hydrogen-bond acceptors (Lipinski definition) is 1. The molecule has 2 N–H and O–H groups in total. The Labute approximate surface area is 57.1 Å². The highest BCUT2D eigenvalue weighted by molar-refractivity contribution is 5.85. The summed E-state index contributed by atoms with van der Waals surface area (Å²) >= 11 is 0. The highest BCUT2D eigenvalue weighted by Crippen LogP contribution is 2.14. The van der Waals surface area contributed by atoms with Crippen LogP contribution in [-0.4, -0.2) is 12.2 Å². The van der Waals surface area contributed by atoms with Crippen molar-refractivity contribution in [2.45, 2.75) is 12.2 Å². The summed E-state index contributed by atoms with van der Waals surface area (Å²) in [5.74, 6) is -3.03. The lowest BCUT2D eigenvalue weighted by Gasteiger charge is -2.12. The van der Waals surface area contributed by atoms with Crippen LogP contribution in [0, 0.1) is 0 Å². The fourth-order valence-electron chi connectivity index (χ4n) is 0.0891. The van der Waals surface area contributed by atoms with Gasteiger partial charge in [0.05, 0.1) is 0 Å². The molecule has 0 aliphatic heterocycles. The van der Waals surface area contributed by atoms with Crippen molar-refractivity contribution in [2.24, 2.45) is 5.73 Å². The Bertz CT molecular complexity index is 93.8. The van der Waals surface area contributed by atoms with Gasteiger partial charge in [-0.25, -0.2) is 13.2 Å². The van der Waals surface area contributed by atoms with E-state index in [1.165, 1.54) is 0 Å². The zero-order valence-corrected chi connectivity index (χ0v) is 5.30. The average molecular weight is 162 g/mol. The molecule has 9 heavy (non-hydrogen) atoms. The first kappa shape index (κ1) is 11.6. The summed E-state index contributed by atoms with van der Waals surface area (Å²) in [6, 6.07) is 0. The Kier molecular flexibility index (Phi) is 4.80. The van der Waals surface area contributed by atoms with Gasteiger partial charge in [0.15, 0.2) is 0 Å². The van der Waals surface area contributed by atoms with Gasteiger partial charge in [0.25, 0.3) is 6.43 Å². The molecule has 0 aromatic carbocycles. The molecule has 0 aromatic rings. The minimum atomic E-state index is -3.19. The van der Waals surface area contributed by atoms with Crippen molar-refractivity contribution in [3.63, 3.8) is 0 Å². The molecular formula is C4H7ClF3N. The summed E-state index contributed by atoms with van der Waals surface area (Å²) in [6.45, 7) is 2.77. The van der Waals surface area contributed by atoms with Gasteiger partial charge in [-0.3, -0.25) is 5.73 Å². The fraction of sp³-hybridized carbons (Fsp3) is 0.500. The molecule has 0 bridgehead atoms. The van der Waals surface area contributed by atoms with Gasteiger partial charge in [0, 0.05) is 0 Å². The van der Waals surface area contributed by atoms with Crippen LogP contribution in [0.2, 0.25) is 0 Å². The number of alkyl halides is 3. The van der Waals surface area contributed by atoms with Crippen LogP contribution in [0.3, 0.4) is 0 Å². The van der Waals surface area contributed by atoms with Crippen molar-refractivity contribution in [2.75, 3.05) is 0 Å². The fourth-order valence-corrected chi connectivity index (χ4v) is 0.0891. The van der Waals surface area contributed by atoms with Crippen molar-refractivity contribution in [3.05, 3.63) is 12.7 Å². The summed E-state index contributed by atoms with van der Waals surface area (Å²) in [5, 5.41) is 0. The Morgan fingerprint density at radius 1 is 1.56 bits per heavy atom. The number of halogens is 4. The zero-order chi connectivity index (χ0) is 6.78. The lowest BCUT2D eigenvalue weighted by Crippen LogP contribution is -2.39. The molecular weight excluding hydrogens is 154 g/mol. The topological polar surface area (TPSA) is 26.0 Å². The van der Waals surface area contributed by atoms with E-state index in [0.717, 1.165) is 0 Å². The third-order valence-corrected chi connectivity index (χ3v) is 0.647. The van der Waals surface area contributed by atoms with Crippen LogP contribution in [0.4, 0.5) is 13.2 Å². The first-order valence-electron chi connectivity index (χ1n) is 1.90. The van der Waals surface area contributed by atoms with E-state index in [9.17, 15) is 13.2 Å². The van der Waals surface area contributed by atoms with Gasteiger partial charge < -0.3 is 0 Å². The van der Waals surface area contributed by atoms with Gasteiger partial charge in [-0.15, -0.1) is 12.4 Å². The second-order valence-corrected chi connectivity index (χ2v) is 1.33. The summed E-state index contributed by atoms with van der Waals surface area (Å²) < 4.78 is 34.3. The van der Waals surface area contributed by atoms with Crippen molar-refractivity contribution in [3.8, 4) is 0 Å². The van der Waals surface area contributed by atoms with E-state index in [-0.39, 0.29) is 12.4 Å². The number of nitrogens with two attached hydrogens (primary N) is 1. The molecule has 1 nitrogen and oxygen atoms in total. The highest BCUT2D eigenvalue weighted by atomic mass is 35.5. The summed E-state index contributed by atoms with van der Waals surface area (Å²) in [6.07, 6.45) is -2.82. The predicted molar refractivity (Wildman–Crippen MR) is 31.5 cm³/mol. The molecule has 0 aromatic heterocycles. The molecule has 0 aliphatic rings.